The van der Waals surface area contributed by atoms with Gasteiger partial charge in [0.1, 0.15) is 18.8 Å². The predicted molar refractivity (Wildman–Crippen MR) is 180 cm³/mol. The van der Waals surface area contributed by atoms with E-state index in [0.29, 0.717) is 17.1 Å². The molecular weight excluding hydrogens is 648 g/mol. The lowest BCUT2D eigenvalue weighted by atomic mass is 9.98. The average Bonchev–Trinajstić information content (AvgIpc) is 3.53. The van der Waals surface area contributed by atoms with Crippen molar-refractivity contribution in [3.8, 4) is 5.75 Å². The van der Waals surface area contributed by atoms with Gasteiger partial charge in [-0.3, -0.25) is 9.36 Å². The molecule has 47 heavy (non-hydrogen) atoms. The molecular formula is C31H40FN7O6PS+. The van der Waals surface area contributed by atoms with Gasteiger partial charge in [-0.15, -0.1) is 4.52 Å². The number of imidazole rings is 1. The van der Waals surface area contributed by atoms with E-state index in [4.69, 9.17) is 36.4 Å². The molecule has 6 atom stereocenters. The smallest absolute Gasteiger partial charge is 0.464 e. The summed E-state index contributed by atoms with van der Waals surface area (Å²) in [5.74, 6) is 0.321. The van der Waals surface area contributed by atoms with Crippen LogP contribution in [0, 0.1) is 5.41 Å². The number of carbonyl (C=O) groups excluding carboxylic acids is 1. The molecule has 0 saturated carbocycles. The zero-order valence-electron chi connectivity index (χ0n) is 27.3. The lowest BCUT2D eigenvalue weighted by Crippen LogP contribution is -2.41. The quantitative estimate of drug-likeness (QED) is 0.128. The van der Waals surface area contributed by atoms with Crippen LogP contribution < -0.4 is 15.5 Å². The largest absolute Gasteiger partial charge is 0.480 e. The number of rotatable bonds is 11. The molecule has 1 aliphatic heterocycles. The first-order valence-electron chi connectivity index (χ1n) is 15.0. The molecule has 0 radical (unpaired) electrons. The number of alkyl halides is 1. The van der Waals surface area contributed by atoms with E-state index in [1.165, 1.54) is 22.7 Å². The van der Waals surface area contributed by atoms with E-state index in [0.717, 1.165) is 10.8 Å². The van der Waals surface area contributed by atoms with Crippen LogP contribution in [0.15, 0.2) is 48.8 Å². The highest BCUT2D eigenvalue weighted by molar-refractivity contribution is 8.01. The number of aromatic nitrogens is 4. The molecule has 2 aromatic heterocycles. The van der Waals surface area contributed by atoms with E-state index in [9.17, 15) is 9.90 Å². The summed E-state index contributed by atoms with van der Waals surface area (Å²) in [5, 5.41) is 12.8. The third-order valence-corrected chi connectivity index (χ3v) is 9.50. The van der Waals surface area contributed by atoms with Crippen LogP contribution in [-0.2, 0) is 30.6 Å². The van der Waals surface area contributed by atoms with Crippen LogP contribution in [0.2, 0.25) is 0 Å². The summed E-state index contributed by atoms with van der Waals surface area (Å²) >= 11 is 5.74. The molecule has 2 aromatic carbocycles. The van der Waals surface area contributed by atoms with E-state index in [1.54, 1.807) is 32.0 Å². The Labute approximate surface area is 278 Å². The van der Waals surface area contributed by atoms with Crippen molar-refractivity contribution in [1.29, 1.82) is 0 Å². The predicted octanol–water partition coefficient (Wildman–Crippen LogP) is 4.68. The molecule has 0 bridgehead atoms. The van der Waals surface area contributed by atoms with Gasteiger partial charge in [0.15, 0.2) is 40.7 Å². The molecule has 1 saturated heterocycles. The fourth-order valence-corrected chi connectivity index (χ4v) is 6.70. The number of anilines is 2. The second-order valence-electron chi connectivity index (χ2n) is 13.0. The number of carbonyl (C=O) groups is 1. The zero-order chi connectivity index (χ0) is 34.3. The fraction of sp³-hybridized carbons (Fsp3) is 0.484. The number of aliphatic hydroxyl groups is 1. The molecule has 0 amide bonds. The van der Waals surface area contributed by atoms with Crippen LogP contribution in [0.4, 0.5) is 16.2 Å². The number of nitrogens with two attached hydrogens (primary N) is 1. The number of aliphatic hydroxyl groups excluding tert-OH is 1. The molecule has 3 N–H and O–H groups in total. The van der Waals surface area contributed by atoms with Crippen molar-refractivity contribution in [1.82, 2.24) is 24.4 Å². The second-order valence-corrected chi connectivity index (χ2v) is 15.1. The molecule has 0 spiro atoms. The molecule has 3 heterocycles. The third-order valence-electron chi connectivity index (χ3n) is 7.59. The minimum absolute atomic E-state index is 0.0277. The SMILES string of the molecule is C[C@H](C(=O)OCC(C)(C)C)N(Oc1cccc2ccccc12)[P+](=S)OC[C@H]1O[C@@H](n2cnc3c(N(C)C)nc(N)nc32)[C@](C)(F)[C@@H]1O. The Balaban J connectivity index is 1.37. The first-order valence-corrected chi connectivity index (χ1v) is 17.2. The maximum atomic E-state index is 16.2. The van der Waals surface area contributed by atoms with Gasteiger partial charge in [0.05, 0.1) is 17.8 Å². The monoisotopic (exact) mass is 688 g/mol. The number of esters is 1. The Morgan fingerprint density at radius 2 is 1.94 bits per heavy atom. The van der Waals surface area contributed by atoms with Gasteiger partial charge in [0, 0.05) is 19.5 Å². The summed E-state index contributed by atoms with van der Waals surface area (Å²) in [6, 6.07) is 12.2. The lowest BCUT2D eigenvalue weighted by Gasteiger charge is -2.24. The van der Waals surface area contributed by atoms with Crippen LogP contribution in [-0.4, -0.2) is 86.7 Å². The molecule has 1 unspecified atom stereocenters. The summed E-state index contributed by atoms with van der Waals surface area (Å²) in [6.07, 6.45) is -2.71. The standard InChI is InChI=1S/C31H40FN7O6PS/c1-18(27(41)42-16-30(2,3)4)39(45-21-14-10-12-19-11-8-9-13-20(19)21)46(47)43-15-22-24(40)31(5,32)28(44-22)38-17-34-23-25(37(6)7)35-29(33)36-26(23)38/h8-14,17-18,22,24,28,40H,15-16H2,1-7H3,(H2,33,35,36)/q+1/t18-,22-,24-,28-,31-/m1/s1. The highest BCUT2D eigenvalue weighted by atomic mass is 32.4. The molecule has 1 aliphatic rings. The maximum Gasteiger partial charge on any atom is 0.480 e. The van der Waals surface area contributed by atoms with E-state index >= 15 is 4.39 Å². The number of hydroxylamine groups is 1. The number of benzene rings is 2. The molecule has 252 valence electrons. The second kappa shape index (κ2) is 13.5. The lowest BCUT2D eigenvalue weighted by molar-refractivity contribution is -0.157. The van der Waals surface area contributed by atoms with E-state index in [2.05, 4.69) is 15.0 Å². The molecule has 4 aromatic rings. The van der Waals surface area contributed by atoms with Gasteiger partial charge in [-0.25, -0.2) is 9.37 Å². The molecule has 16 heteroatoms. The van der Waals surface area contributed by atoms with E-state index in [-0.39, 0.29) is 30.2 Å². The van der Waals surface area contributed by atoms with Crippen molar-refractivity contribution in [2.75, 3.05) is 37.9 Å². The Bertz CT molecular complexity index is 1780. The Hall–Kier alpha value is -3.59. The molecule has 5 rings (SSSR count). The Kier molecular flexibility index (Phi) is 9.97. The van der Waals surface area contributed by atoms with Crippen molar-refractivity contribution in [2.45, 2.75) is 64.8 Å². The van der Waals surface area contributed by atoms with Gasteiger partial charge in [-0.1, -0.05) is 57.2 Å². The maximum absolute atomic E-state index is 16.2. The third kappa shape index (κ3) is 7.30. The van der Waals surface area contributed by atoms with Crippen LogP contribution in [0.1, 0.15) is 40.8 Å². The minimum Gasteiger partial charge on any atom is -0.464 e. The molecule has 13 nitrogen and oxygen atoms in total. The van der Waals surface area contributed by atoms with Gasteiger partial charge < -0.3 is 30.1 Å². The van der Waals surface area contributed by atoms with Gasteiger partial charge in [0.25, 0.3) is 0 Å². The van der Waals surface area contributed by atoms with Crippen LogP contribution in [0.25, 0.3) is 21.9 Å². The number of ether oxygens (including phenoxy) is 2. The fourth-order valence-electron chi connectivity index (χ4n) is 5.07. The average molecular weight is 689 g/mol. The topological polar surface area (TPSA) is 150 Å². The summed E-state index contributed by atoms with van der Waals surface area (Å²) < 4.78 is 35.2. The zero-order valence-corrected chi connectivity index (χ0v) is 29.0. The van der Waals surface area contributed by atoms with Crippen molar-refractivity contribution < 1.29 is 33.1 Å². The van der Waals surface area contributed by atoms with Crippen molar-refractivity contribution in [3.05, 3.63) is 48.8 Å². The van der Waals surface area contributed by atoms with Crippen molar-refractivity contribution in [2.24, 2.45) is 5.41 Å². The first kappa shape index (κ1) is 34.7. The van der Waals surface area contributed by atoms with E-state index in [1.807, 2.05) is 57.2 Å². The van der Waals surface area contributed by atoms with Gasteiger partial charge in [-0.05, 0) is 30.7 Å². The van der Waals surface area contributed by atoms with E-state index < -0.39 is 43.2 Å². The normalized spacial score (nSPS) is 22.5. The van der Waals surface area contributed by atoms with Gasteiger partial charge in [0.2, 0.25) is 17.8 Å². The number of fused-ring (bicyclic) bond motifs is 2. The molecule has 0 aliphatic carbocycles. The highest BCUT2D eigenvalue weighted by Crippen LogP contribution is 2.44. The Morgan fingerprint density at radius 3 is 2.64 bits per heavy atom. The first-order chi connectivity index (χ1) is 22.1. The number of hydrogen-bond acceptors (Lipinski definition) is 12. The number of nitrogens with zero attached hydrogens (tertiary/aromatic N) is 6. The number of nitrogen functional groups attached to an aromatic ring is 1. The number of halogens is 1. The number of hydrogen-bond donors (Lipinski definition) is 2. The van der Waals surface area contributed by atoms with Crippen LogP contribution >= 0.6 is 7.07 Å². The van der Waals surface area contributed by atoms with Gasteiger partial charge in [-0.2, -0.15) is 9.97 Å². The van der Waals surface area contributed by atoms with Crippen LogP contribution in [0.5, 0.6) is 5.75 Å². The molecule has 1 fully saturated rings. The van der Waals surface area contributed by atoms with Crippen molar-refractivity contribution >= 4 is 58.6 Å². The summed E-state index contributed by atoms with van der Waals surface area (Å²) in [4.78, 5) is 35.3. The summed E-state index contributed by atoms with van der Waals surface area (Å²) in [6.45, 7) is 8.56. The van der Waals surface area contributed by atoms with Gasteiger partial charge >= 0.3 is 13.0 Å². The highest BCUT2D eigenvalue weighted by Gasteiger charge is 2.56. The summed E-state index contributed by atoms with van der Waals surface area (Å²) in [5.41, 5.74) is 4.03. The van der Waals surface area contributed by atoms with Crippen molar-refractivity contribution in [3.63, 3.8) is 0 Å². The summed E-state index contributed by atoms with van der Waals surface area (Å²) in [7, 11) is 1.46. The minimum atomic E-state index is -2.28. The van der Waals surface area contributed by atoms with Crippen LogP contribution in [0.3, 0.4) is 0 Å². The Morgan fingerprint density at radius 1 is 1.23 bits per heavy atom.